The summed E-state index contributed by atoms with van der Waals surface area (Å²) < 4.78 is 0. The minimum absolute atomic E-state index is 0.0765. The zero-order valence-electron chi connectivity index (χ0n) is 9.73. The fourth-order valence-corrected chi connectivity index (χ4v) is 2.15. The van der Waals surface area contributed by atoms with E-state index in [1.807, 2.05) is 0 Å². The van der Waals surface area contributed by atoms with Crippen LogP contribution in [0.4, 0.5) is 0 Å². The number of nitrogens with one attached hydrogen (secondary N) is 1. The normalized spacial score (nSPS) is 26.2. The van der Waals surface area contributed by atoms with Crippen LogP contribution in [0.3, 0.4) is 0 Å². The molecule has 0 aromatic carbocycles. The van der Waals surface area contributed by atoms with Gasteiger partial charge in [0.25, 0.3) is 0 Å². The lowest BCUT2D eigenvalue weighted by Crippen LogP contribution is -2.23. The van der Waals surface area contributed by atoms with E-state index in [1.165, 1.54) is 0 Å². The summed E-state index contributed by atoms with van der Waals surface area (Å²) in [6.07, 6.45) is 5.58. The van der Waals surface area contributed by atoms with Gasteiger partial charge in [-0.3, -0.25) is 0 Å². The fraction of sp³-hybridized carbons (Fsp3) is 0.909. The van der Waals surface area contributed by atoms with Crippen molar-refractivity contribution in [3.05, 3.63) is 0 Å². The van der Waals surface area contributed by atoms with Crippen LogP contribution in [0.15, 0.2) is 5.16 Å². The second-order valence-corrected chi connectivity index (χ2v) is 4.59. The lowest BCUT2D eigenvalue weighted by Gasteiger charge is -2.10. The van der Waals surface area contributed by atoms with Crippen LogP contribution in [0.25, 0.3) is 0 Å². The van der Waals surface area contributed by atoms with E-state index in [4.69, 9.17) is 10.9 Å². The van der Waals surface area contributed by atoms with Gasteiger partial charge >= 0.3 is 0 Å². The summed E-state index contributed by atoms with van der Waals surface area (Å²) in [6, 6.07) is 0. The Morgan fingerprint density at radius 1 is 1.38 bits per heavy atom. The summed E-state index contributed by atoms with van der Waals surface area (Å²) in [4.78, 5) is 0. The molecule has 0 saturated heterocycles. The molecule has 94 valence electrons. The largest absolute Gasteiger partial charge is 0.409 e. The van der Waals surface area contributed by atoms with Gasteiger partial charge in [-0.15, -0.1) is 0 Å². The maximum absolute atomic E-state index is 9.35. The van der Waals surface area contributed by atoms with Crippen molar-refractivity contribution in [2.45, 2.75) is 44.6 Å². The van der Waals surface area contributed by atoms with Crippen molar-refractivity contribution < 1.29 is 10.3 Å². The van der Waals surface area contributed by atoms with Crippen molar-refractivity contribution >= 4 is 5.84 Å². The van der Waals surface area contributed by atoms with Gasteiger partial charge < -0.3 is 21.4 Å². The van der Waals surface area contributed by atoms with Crippen molar-refractivity contribution in [3.8, 4) is 0 Å². The van der Waals surface area contributed by atoms with Crippen LogP contribution < -0.4 is 11.1 Å². The minimum atomic E-state index is -0.0765. The molecule has 2 atom stereocenters. The van der Waals surface area contributed by atoms with E-state index >= 15 is 0 Å². The first-order chi connectivity index (χ1) is 7.72. The van der Waals surface area contributed by atoms with Crippen LogP contribution in [-0.2, 0) is 0 Å². The molecule has 5 N–H and O–H groups in total. The minimum Gasteiger partial charge on any atom is -0.409 e. The number of aliphatic hydroxyl groups is 1. The SMILES string of the molecule is NC(CCCCNCC1CCC(O)C1)=NO. The zero-order chi connectivity index (χ0) is 11.8. The van der Waals surface area contributed by atoms with E-state index in [2.05, 4.69) is 10.5 Å². The van der Waals surface area contributed by atoms with Crippen LogP contribution in [0.2, 0.25) is 0 Å². The van der Waals surface area contributed by atoms with Gasteiger partial charge in [0.1, 0.15) is 5.84 Å². The van der Waals surface area contributed by atoms with E-state index in [0.717, 1.165) is 45.2 Å². The topological polar surface area (TPSA) is 90.9 Å². The van der Waals surface area contributed by atoms with Crippen LogP contribution >= 0.6 is 0 Å². The van der Waals surface area contributed by atoms with Crippen molar-refractivity contribution in [1.82, 2.24) is 5.32 Å². The molecule has 0 spiro atoms. The number of nitrogens with zero attached hydrogens (tertiary/aromatic N) is 1. The van der Waals surface area contributed by atoms with Crippen molar-refractivity contribution in [3.63, 3.8) is 0 Å². The molecule has 1 aliphatic carbocycles. The third-order valence-electron chi connectivity index (χ3n) is 3.11. The van der Waals surface area contributed by atoms with Gasteiger partial charge in [-0.2, -0.15) is 0 Å². The summed E-state index contributed by atoms with van der Waals surface area (Å²) in [7, 11) is 0. The van der Waals surface area contributed by atoms with Gasteiger partial charge in [0.05, 0.1) is 6.10 Å². The molecule has 2 unspecified atom stereocenters. The Morgan fingerprint density at radius 2 is 2.19 bits per heavy atom. The first kappa shape index (κ1) is 13.3. The van der Waals surface area contributed by atoms with Gasteiger partial charge in [-0.1, -0.05) is 5.16 Å². The van der Waals surface area contributed by atoms with Gasteiger partial charge in [0, 0.05) is 6.42 Å². The van der Waals surface area contributed by atoms with Crippen molar-refractivity contribution in [2.24, 2.45) is 16.8 Å². The van der Waals surface area contributed by atoms with Gasteiger partial charge in [-0.25, -0.2) is 0 Å². The van der Waals surface area contributed by atoms with Gasteiger partial charge in [-0.05, 0) is 51.1 Å². The number of oxime groups is 1. The molecule has 0 bridgehead atoms. The molecule has 5 nitrogen and oxygen atoms in total. The monoisotopic (exact) mass is 229 g/mol. The molecule has 1 aliphatic rings. The summed E-state index contributed by atoms with van der Waals surface area (Å²) >= 11 is 0. The number of aliphatic hydroxyl groups excluding tert-OH is 1. The summed E-state index contributed by atoms with van der Waals surface area (Å²) in [5.74, 6) is 0.943. The molecule has 1 rings (SSSR count). The fourth-order valence-electron chi connectivity index (χ4n) is 2.15. The molecular formula is C11H23N3O2. The Hall–Kier alpha value is -0.810. The Balaban J connectivity index is 1.88. The average molecular weight is 229 g/mol. The number of amidine groups is 1. The van der Waals surface area contributed by atoms with Gasteiger partial charge in [0.2, 0.25) is 0 Å². The first-order valence-electron chi connectivity index (χ1n) is 6.07. The van der Waals surface area contributed by atoms with Crippen LogP contribution in [-0.4, -0.2) is 35.3 Å². The molecule has 0 aliphatic heterocycles. The maximum atomic E-state index is 9.35. The summed E-state index contributed by atoms with van der Waals surface area (Å²) in [6.45, 7) is 1.96. The highest BCUT2D eigenvalue weighted by Gasteiger charge is 2.21. The van der Waals surface area contributed by atoms with Crippen LogP contribution in [0.1, 0.15) is 38.5 Å². The Kier molecular flexibility index (Phi) is 6.18. The van der Waals surface area contributed by atoms with Gasteiger partial charge in [0.15, 0.2) is 0 Å². The predicted molar refractivity (Wildman–Crippen MR) is 63.5 cm³/mol. The van der Waals surface area contributed by atoms with E-state index in [9.17, 15) is 5.11 Å². The molecule has 1 saturated carbocycles. The Morgan fingerprint density at radius 3 is 2.81 bits per heavy atom. The molecule has 0 radical (unpaired) electrons. The zero-order valence-corrected chi connectivity index (χ0v) is 9.73. The second kappa shape index (κ2) is 7.46. The smallest absolute Gasteiger partial charge is 0.139 e. The highest BCUT2D eigenvalue weighted by atomic mass is 16.4. The van der Waals surface area contributed by atoms with Crippen LogP contribution in [0, 0.1) is 5.92 Å². The molecule has 5 heteroatoms. The molecule has 1 fully saturated rings. The molecule has 0 aromatic rings. The Labute approximate surface area is 96.7 Å². The van der Waals surface area contributed by atoms with Crippen molar-refractivity contribution in [1.29, 1.82) is 0 Å². The quantitative estimate of drug-likeness (QED) is 0.170. The predicted octanol–water partition coefficient (Wildman–Crippen LogP) is 0.654. The molecule has 0 heterocycles. The maximum Gasteiger partial charge on any atom is 0.139 e. The summed E-state index contributed by atoms with van der Waals surface area (Å²) in [5, 5.41) is 24.0. The second-order valence-electron chi connectivity index (χ2n) is 4.59. The van der Waals surface area contributed by atoms with E-state index in [-0.39, 0.29) is 6.10 Å². The highest BCUT2D eigenvalue weighted by molar-refractivity contribution is 5.79. The third-order valence-corrected chi connectivity index (χ3v) is 3.11. The van der Waals surface area contributed by atoms with Crippen molar-refractivity contribution in [2.75, 3.05) is 13.1 Å². The average Bonchev–Trinajstić information content (AvgIpc) is 2.69. The number of unbranched alkanes of at least 4 members (excludes halogenated alkanes) is 1. The number of hydrogen-bond acceptors (Lipinski definition) is 4. The lowest BCUT2D eigenvalue weighted by molar-refractivity contribution is 0.177. The lowest BCUT2D eigenvalue weighted by atomic mass is 10.1. The van der Waals surface area contributed by atoms with E-state index < -0.39 is 0 Å². The molecular weight excluding hydrogens is 206 g/mol. The Bertz CT molecular complexity index is 221. The number of rotatable bonds is 7. The molecule has 0 amide bonds. The third kappa shape index (κ3) is 5.32. The first-order valence-corrected chi connectivity index (χ1v) is 6.07. The van der Waals surface area contributed by atoms with E-state index in [1.54, 1.807) is 0 Å². The number of hydrogen-bond donors (Lipinski definition) is 4. The van der Waals surface area contributed by atoms with E-state index in [0.29, 0.717) is 18.2 Å². The number of nitrogens with two attached hydrogens (primary N) is 1. The molecule has 0 aromatic heterocycles. The summed E-state index contributed by atoms with van der Waals surface area (Å²) in [5.41, 5.74) is 5.35. The van der Waals surface area contributed by atoms with Crippen LogP contribution in [0.5, 0.6) is 0 Å². The molecule has 16 heavy (non-hydrogen) atoms. The standard InChI is InChI=1S/C11H23N3O2/c12-11(14-16)3-1-2-6-13-8-9-4-5-10(15)7-9/h9-10,13,15-16H,1-8H2,(H2,12,14). The highest BCUT2D eigenvalue weighted by Crippen LogP contribution is 2.24.